The molecule has 0 amide bonds. The van der Waals surface area contributed by atoms with Crippen LogP contribution in [0.5, 0.6) is 0 Å². The van der Waals surface area contributed by atoms with E-state index in [1.807, 2.05) is 0 Å². The van der Waals surface area contributed by atoms with Crippen molar-refractivity contribution in [3.63, 3.8) is 0 Å². The summed E-state index contributed by atoms with van der Waals surface area (Å²) in [7, 11) is -4.01. The SMILES string of the molecule is Cc1ccc(S(=O)(=O)N(C[C@@H](C)O)c2ccccc2)cc1C(=O)O. The van der Waals surface area contributed by atoms with Gasteiger partial charge in [0.25, 0.3) is 10.0 Å². The first kappa shape index (κ1) is 18.0. The Balaban J connectivity index is 2.56. The smallest absolute Gasteiger partial charge is 0.335 e. The second kappa shape index (κ2) is 7.02. The van der Waals surface area contributed by atoms with Gasteiger partial charge in [-0.05, 0) is 43.7 Å². The van der Waals surface area contributed by atoms with E-state index >= 15 is 0 Å². The van der Waals surface area contributed by atoms with Crippen LogP contribution in [0.4, 0.5) is 5.69 Å². The van der Waals surface area contributed by atoms with E-state index in [0.29, 0.717) is 11.3 Å². The number of aryl methyl sites for hydroxylation is 1. The molecule has 0 aliphatic rings. The Hall–Kier alpha value is -2.38. The van der Waals surface area contributed by atoms with E-state index in [0.717, 1.165) is 10.4 Å². The third-order valence-electron chi connectivity index (χ3n) is 3.50. The van der Waals surface area contributed by atoms with Crippen LogP contribution in [0.25, 0.3) is 0 Å². The van der Waals surface area contributed by atoms with Gasteiger partial charge in [0.2, 0.25) is 0 Å². The highest BCUT2D eigenvalue weighted by atomic mass is 32.2. The summed E-state index contributed by atoms with van der Waals surface area (Å²) < 4.78 is 27.0. The first-order valence-corrected chi connectivity index (χ1v) is 8.77. The topological polar surface area (TPSA) is 94.9 Å². The molecule has 0 fully saturated rings. The molecule has 2 N–H and O–H groups in total. The molecule has 1 atom stereocenters. The van der Waals surface area contributed by atoms with E-state index in [4.69, 9.17) is 0 Å². The van der Waals surface area contributed by atoms with Gasteiger partial charge in [0.1, 0.15) is 0 Å². The lowest BCUT2D eigenvalue weighted by Crippen LogP contribution is -2.36. The number of aliphatic hydroxyl groups is 1. The summed E-state index contributed by atoms with van der Waals surface area (Å²) in [5.74, 6) is -1.19. The summed E-state index contributed by atoms with van der Waals surface area (Å²) in [6.07, 6.45) is -0.885. The van der Waals surface area contributed by atoms with Gasteiger partial charge in [0.05, 0.1) is 28.8 Å². The molecule has 2 aromatic rings. The zero-order valence-electron chi connectivity index (χ0n) is 13.4. The zero-order chi connectivity index (χ0) is 17.9. The monoisotopic (exact) mass is 349 g/mol. The number of benzene rings is 2. The Labute approximate surface area is 141 Å². The molecule has 2 rings (SSSR count). The summed E-state index contributed by atoms with van der Waals surface area (Å²) in [6.45, 7) is 2.95. The summed E-state index contributed by atoms with van der Waals surface area (Å²) in [6, 6.07) is 12.3. The number of aromatic carboxylic acids is 1. The highest BCUT2D eigenvalue weighted by molar-refractivity contribution is 7.92. The van der Waals surface area contributed by atoms with E-state index in [1.165, 1.54) is 19.1 Å². The number of carboxylic acids is 1. The van der Waals surface area contributed by atoms with E-state index < -0.39 is 22.1 Å². The molecule has 0 radical (unpaired) electrons. The van der Waals surface area contributed by atoms with Crippen molar-refractivity contribution < 1.29 is 23.4 Å². The minimum Gasteiger partial charge on any atom is -0.478 e. The molecular weight excluding hydrogens is 330 g/mol. The number of carbonyl (C=O) groups is 1. The first-order valence-electron chi connectivity index (χ1n) is 7.33. The van der Waals surface area contributed by atoms with Crippen molar-refractivity contribution in [2.75, 3.05) is 10.8 Å². The number of rotatable bonds is 6. The van der Waals surface area contributed by atoms with Crippen LogP contribution in [0.2, 0.25) is 0 Å². The van der Waals surface area contributed by atoms with Gasteiger partial charge in [-0.3, -0.25) is 4.31 Å². The molecule has 7 heteroatoms. The van der Waals surface area contributed by atoms with Crippen LogP contribution in [0.3, 0.4) is 0 Å². The Kier molecular flexibility index (Phi) is 5.26. The molecule has 0 unspecified atom stereocenters. The summed E-state index contributed by atoms with van der Waals surface area (Å²) in [5, 5.41) is 18.9. The Morgan fingerprint density at radius 1 is 1.17 bits per heavy atom. The molecule has 0 spiro atoms. The lowest BCUT2D eigenvalue weighted by atomic mass is 10.1. The van der Waals surface area contributed by atoms with Crippen LogP contribution in [-0.2, 0) is 10.0 Å². The van der Waals surface area contributed by atoms with Gasteiger partial charge in [0, 0.05) is 0 Å². The van der Waals surface area contributed by atoms with E-state index in [1.54, 1.807) is 37.3 Å². The lowest BCUT2D eigenvalue weighted by Gasteiger charge is -2.26. The van der Waals surface area contributed by atoms with Gasteiger partial charge in [-0.2, -0.15) is 0 Å². The van der Waals surface area contributed by atoms with Gasteiger partial charge in [-0.15, -0.1) is 0 Å². The Morgan fingerprint density at radius 2 is 1.79 bits per heavy atom. The summed E-state index contributed by atoms with van der Waals surface area (Å²) in [5.41, 5.74) is 0.806. The van der Waals surface area contributed by atoms with Crippen molar-refractivity contribution >= 4 is 21.7 Å². The number of anilines is 1. The minimum absolute atomic E-state index is 0.0684. The maximum Gasteiger partial charge on any atom is 0.335 e. The molecule has 2 aromatic carbocycles. The number of carboxylic acid groups (broad SMARTS) is 1. The normalized spacial score (nSPS) is 12.6. The van der Waals surface area contributed by atoms with E-state index in [2.05, 4.69) is 0 Å². The van der Waals surface area contributed by atoms with Crippen molar-refractivity contribution in [1.29, 1.82) is 0 Å². The highest BCUT2D eigenvalue weighted by Crippen LogP contribution is 2.25. The largest absolute Gasteiger partial charge is 0.478 e. The van der Waals surface area contributed by atoms with Crippen LogP contribution >= 0.6 is 0 Å². The fraction of sp³-hybridized carbons (Fsp3) is 0.235. The number of para-hydroxylation sites is 1. The quantitative estimate of drug-likeness (QED) is 0.834. The summed E-state index contributed by atoms with van der Waals surface area (Å²) >= 11 is 0. The average molecular weight is 349 g/mol. The van der Waals surface area contributed by atoms with Crippen molar-refractivity contribution in [2.24, 2.45) is 0 Å². The standard InChI is InChI=1S/C17H19NO5S/c1-12-8-9-15(10-16(12)17(20)21)24(22,23)18(11-13(2)19)14-6-4-3-5-7-14/h3-10,13,19H,11H2,1-2H3,(H,20,21)/t13-/m1/s1. The second-order valence-corrected chi connectivity index (χ2v) is 7.36. The summed E-state index contributed by atoms with van der Waals surface area (Å²) in [4.78, 5) is 11.1. The Morgan fingerprint density at radius 3 is 2.33 bits per heavy atom. The molecule has 128 valence electrons. The second-order valence-electron chi connectivity index (χ2n) is 5.50. The number of sulfonamides is 1. The van der Waals surface area contributed by atoms with Gasteiger partial charge in [0.15, 0.2) is 0 Å². The molecule has 0 aromatic heterocycles. The molecular formula is C17H19NO5S. The van der Waals surface area contributed by atoms with Gasteiger partial charge >= 0.3 is 5.97 Å². The average Bonchev–Trinajstić information content (AvgIpc) is 2.53. The van der Waals surface area contributed by atoms with Crippen LogP contribution in [-0.4, -0.2) is 37.2 Å². The van der Waals surface area contributed by atoms with Crippen molar-refractivity contribution in [3.8, 4) is 0 Å². The third-order valence-corrected chi connectivity index (χ3v) is 5.29. The van der Waals surface area contributed by atoms with Crippen molar-refractivity contribution in [1.82, 2.24) is 0 Å². The van der Waals surface area contributed by atoms with Gasteiger partial charge in [-0.25, -0.2) is 13.2 Å². The number of aliphatic hydroxyl groups excluding tert-OH is 1. The molecule has 0 aliphatic heterocycles. The van der Waals surface area contributed by atoms with E-state index in [9.17, 15) is 23.4 Å². The maximum atomic E-state index is 13.0. The zero-order valence-corrected chi connectivity index (χ0v) is 14.2. The molecule has 0 saturated heterocycles. The number of hydrogen-bond acceptors (Lipinski definition) is 4. The maximum absolute atomic E-state index is 13.0. The highest BCUT2D eigenvalue weighted by Gasteiger charge is 2.27. The molecule has 0 bridgehead atoms. The minimum atomic E-state index is -4.01. The predicted molar refractivity (Wildman–Crippen MR) is 90.8 cm³/mol. The fourth-order valence-electron chi connectivity index (χ4n) is 2.30. The number of nitrogens with zero attached hydrogens (tertiary/aromatic N) is 1. The predicted octanol–water partition coefficient (Wildman–Crippen LogP) is 2.27. The fourth-order valence-corrected chi connectivity index (χ4v) is 3.87. The van der Waals surface area contributed by atoms with Gasteiger partial charge in [-0.1, -0.05) is 24.3 Å². The first-order chi connectivity index (χ1) is 11.2. The molecule has 24 heavy (non-hydrogen) atoms. The van der Waals surface area contributed by atoms with Crippen LogP contribution in [0, 0.1) is 6.92 Å². The third kappa shape index (κ3) is 3.74. The van der Waals surface area contributed by atoms with E-state index in [-0.39, 0.29) is 17.0 Å². The number of hydrogen-bond donors (Lipinski definition) is 2. The van der Waals surface area contributed by atoms with Crippen molar-refractivity contribution in [2.45, 2.75) is 24.8 Å². The molecule has 0 saturated carbocycles. The van der Waals surface area contributed by atoms with Crippen LogP contribution in [0.1, 0.15) is 22.8 Å². The van der Waals surface area contributed by atoms with Crippen molar-refractivity contribution in [3.05, 3.63) is 59.7 Å². The van der Waals surface area contributed by atoms with Crippen LogP contribution < -0.4 is 4.31 Å². The van der Waals surface area contributed by atoms with Gasteiger partial charge < -0.3 is 10.2 Å². The molecule has 6 nitrogen and oxygen atoms in total. The van der Waals surface area contributed by atoms with Crippen LogP contribution in [0.15, 0.2) is 53.4 Å². The molecule has 0 heterocycles. The lowest BCUT2D eigenvalue weighted by molar-refractivity contribution is 0.0696. The Bertz CT molecular complexity index is 831. The molecule has 0 aliphatic carbocycles.